The second-order valence-electron chi connectivity index (χ2n) is 9.94. The number of hydrogen-bond donors (Lipinski definition) is 1. The highest BCUT2D eigenvalue weighted by molar-refractivity contribution is 5.88. The first-order valence-electron chi connectivity index (χ1n) is 11.8. The van der Waals surface area contributed by atoms with E-state index in [1.165, 1.54) is 35.3 Å². The Bertz CT molecular complexity index is 810. The highest BCUT2D eigenvalue weighted by Gasteiger charge is 2.48. The van der Waals surface area contributed by atoms with Gasteiger partial charge in [0.2, 0.25) is 6.41 Å². The molecule has 1 spiro atoms. The average molecular weight is 428 g/mol. The van der Waals surface area contributed by atoms with Gasteiger partial charge in [-0.1, -0.05) is 12.5 Å². The van der Waals surface area contributed by atoms with Crippen molar-refractivity contribution in [1.29, 1.82) is 0 Å². The minimum Gasteiger partial charge on any atom is -0.493 e. The van der Waals surface area contributed by atoms with E-state index in [2.05, 4.69) is 18.2 Å². The second-order valence-corrected chi connectivity index (χ2v) is 9.94. The number of nitrogens with zero attached hydrogens (tertiary/aromatic N) is 2. The summed E-state index contributed by atoms with van der Waals surface area (Å²) in [5.74, 6) is 1.92. The molecule has 6 nitrogen and oxygen atoms in total. The molecule has 0 aromatic heterocycles. The van der Waals surface area contributed by atoms with Crippen molar-refractivity contribution in [1.82, 2.24) is 4.90 Å². The molecule has 170 valence electrons. The normalized spacial score (nSPS) is 28.5. The Kier molecular flexibility index (Phi) is 6.56. The van der Waals surface area contributed by atoms with Gasteiger partial charge in [0.05, 0.1) is 18.8 Å². The van der Waals surface area contributed by atoms with Crippen molar-refractivity contribution in [3.05, 3.63) is 29.3 Å². The fourth-order valence-corrected chi connectivity index (χ4v) is 5.46. The summed E-state index contributed by atoms with van der Waals surface area (Å²) < 4.78 is 11.8. The van der Waals surface area contributed by atoms with Crippen LogP contribution in [-0.2, 0) is 16.0 Å². The summed E-state index contributed by atoms with van der Waals surface area (Å²) in [5.41, 5.74) is 8.93. The first kappa shape index (κ1) is 22.1. The third-order valence-corrected chi connectivity index (χ3v) is 7.70. The Morgan fingerprint density at radius 1 is 1.29 bits per heavy atom. The van der Waals surface area contributed by atoms with Crippen LogP contribution in [0.2, 0.25) is 0 Å². The van der Waals surface area contributed by atoms with Crippen molar-refractivity contribution in [2.45, 2.75) is 83.4 Å². The Labute approximate surface area is 186 Å². The first-order valence-corrected chi connectivity index (χ1v) is 11.8. The fourth-order valence-electron chi connectivity index (χ4n) is 5.46. The molecule has 2 saturated carbocycles. The van der Waals surface area contributed by atoms with Gasteiger partial charge in [-0.05, 0) is 88.0 Å². The van der Waals surface area contributed by atoms with E-state index in [4.69, 9.17) is 20.2 Å². The van der Waals surface area contributed by atoms with Gasteiger partial charge < -0.3 is 15.2 Å². The van der Waals surface area contributed by atoms with Gasteiger partial charge in [0.1, 0.15) is 5.75 Å². The lowest BCUT2D eigenvalue weighted by Gasteiger charge is -2.40. The maximum atomic E-state index is 11.6. The number of carbonyl (C=O) groups excluding carboxylic acids is 1. The molecule has 3 aliphatic carbocycles. The zero-order valence-electron chi connectivity index (χ0n) is 19.2. The lowest BCUT2D eigenvalue weighted by Crippen LogP contribution is -2.42. The summed E-state index contributed by atoms with van der Waals surface area (Å²) in [6, 6.07) is 6.40. The Morgan fingerprint density at radius 2 is 2.03 bits per heavy atom. The molecule has 1 aromatic rings. The molecule has 0 aliphatic heterocycles. The Morgan fingerprint density at radius 3 is 2.61 bits per heavy atom. The molecule has 0 heterocycles. The lowest BCUT2D eigenvalue weighted by atomic mass is 9.68. The molecule has 4 rings (SSSR count). The molecule has 1 amide bonds. The van der Waals surface area contributed by atoms with Crippen LogP contribution >= 0.6 is 0 Å². The molecule has 2 fully saturated rings. The fraction of sp³-hybridized carbons (Fsp3) is 0.680. The summed E-state index contributed by atoms with van der Waals surface area (Å²) in [6.07, 6.45) is 10.1. The second kappa shape index (κ2) is 9.19. The largest absolute Gasteiger partial charge is 0.493 e. The number of benzene rings is 1. The van der Waals surface area contributed by atoms with Gasteiger partial charge in [-0.2, -0.15) is 0 Å². The number of hydrogen-bond acceptors (Lipinski definition) is 4. The summed E-state index contributed by atoms with van der Waals surface area (Å²) in [5, 5.41) is 0. The van der Waals surface area contributed by atoms with Gasteiger partial charge in [0.25, 0.3) is 0 Å². The van der Waals surface area contributed by atoms with Crippen molar-refractivity contribution in [2.24, 2.45) is 22.1 Å². The maximum Gasteiger partial charge on any atom is 0.216 e. The minimum atomic E-state index is -0.0613. The van der Waals surface area contributed by atoms with E-state index in [1.54, 1.807) is 7.11 Å². The summed E-state index contributed by atoms with van der Waals surface area (Å²) in [6.45, 7) is 4.69. The van der Waals surface area contributed by atoms with Crippen LogP contribution in [0.15, 0.2) is 23.2 Å². The quantitative estimate of drug-likeness (QED) is 0.401. The third kappa shape index (κ3) is 4.45. The topological polar surface area (TPSA) is 77.2 Å². The summed E-state index contributed by atoms with van der Waals surface area (Å²) in [7, 11) is 1.80. The van der Waals surface area contributed by atoms with Crippen LogP contribution in [0, 0.1) is 11.3 Å². The van der Waals surface area contributed by atoms with Gasteiger partial charge in [0.15, 0.2) is 5.96 Å². The Balaban J connectivity index is 1.64. The first-order chi connectivity index (χ1) is 15.0. The van der Waals surface area contributed by atoms with E-state index < -0.39 is 0 Å². The van der Waals surface area contributed by atoms with E-state index in [-0.39, 0.29) is 17.5 Å². The molecule has 6 heteroatoms. The predicted molar refractivity (Wildman–Crippen MR) is 122 cm³/mol. The number of aliphatic imine (C=N–C) groups is 1. The van der Waals surface area contributed by atoms with Gasteiger partial charge in [0, 0.05) is 18.6 Å². The predicted octanol–water partition coefficient (Wildman–Crippen LogP) is 4.22. The number of guanidine groups is 1. The van der Waals surface area contributed by atoms with Crippen LogP contribution in [0.5, 0.6) is 5.75 Å². The number of rotatable bonds is 7. The van der Waals surface area contributed by atoms with Crippen molar-refractivity contribution >= 4 is 12.4 Å². The van der Waals surface area contributed by atoms with Gasteiger partial charge in [-0.15, -0.1) is 0 Å². The number of methoxy groups -OCH3 is 1. The van der Waals surface area contributed by atoms with Crippen LogP contribution in [0.4, 0.5) is 0 Å². The molecule has 0 bridgehead atoms. The SMILES string of the molecule is CO[C@H]1CC[C@]2(CC1)Cc1ccc(OCC3CCC3)cc1C2/N=C(/N)N(C=O)C(C)C. The molecule has 2 N–H and O–H groups in total. The van der Waals surface area contributed by atoms with Crippen molar-refractivity contribution in [3.63, 3.8) is 0 Å². The van der Waals surface area contributed by atoms with Crippen molar-refractivity contribution < 1.29 is 14.3 Å². The molecule has 0 radical (unpaired) electrons. The standard InChI is InChI=1S/C25H37N3O3/c1-17(2)28(16-29)24(26)27-23-22-13-21(31-15-18-5-4-6-18)8-7-19(22)14-25(23)11-9-20(30-3)10-12-25/h7-8,13,16-18,20,23H,4-6,9-12,14-15H2,1-3H3,(H2,26,27)/t20-,23?,25-. The highest BCUT2D eigenvalue weighted by atomic mass is 16.5. The smallest absolute Gasteiger partial charge is 0.216 e. The molecule has 1 aromatic carbocycles. The van der Waals surface area contributed by atoms with E-state index in [0.29, 0.717) is 18.0 Å². The number of carbonyl (C=O) groups is 1. The molecule has 3 aliphatic rings. The third-order valence-electron chi connectivity index (χ3n) is 7.70. The molecule has 1 atom stereocenters. The molecular formula is C25H37N3O3. The van der Waals surface area contributed by atoms with Crippen LogP contribution in [0.3, 0.4) is 0 Å². The minimum absolute atomic E-state index is 0.0279. The average Bonchev–Trinajstić information content (AvgIpc) is 3.00. The van der Waals surface area contributed by atoms with Crippen molar-refractivity contribution in [3.8, 4) is 5.75 Å². The lowest BCUT2D eigenvalue weighted by molar-refractivity contribution is -0.115. The number of ether oxygens (including phenoxy) is 2. The highest BCUT2D eigenvalue weighted by Crippen LogP contribution is 2.56. The van der Waals surface area contributed by atoms with Gasteiger partial charge in [-0.25, -0.2) is 4.99 Å². The van der Waals surface area contributed by atoms with Crippen LogP contribution in [-0.4, -0.2) is 43.1 Å². The molecule has 0 saturated heterocycles. The molecule has 1 unspecified atom stereocenters. The monoisotopic (exact) mass is 427 g/mol. The van der Waals surface area contributed by atoms with E-state index >= 15 is 0 Å². The number of fused-ring (bicyclic) bond motifs is 1. The summed E-state index contributed by atoms with van der Waals surface area (Å²) >= 11 is 0. The Hall–Kier alpha value is -2.08. The van der Waals surface area contributed by atoms with E-state index in [0.717, 1.165) is 50.9 Å². The van der Waals surface area contributed by atoms with E-state index in [9.17, 15) is 4.79 Å². The number of nitrogens with two attached hydrogens (primary N) is 1. The van der Waals surface area contributed by atoms with Gasteiger partial charge in [-0.3, -0.25) is 9.69 Å². The van der Waals surface area contributed by atoms with E-state index in [1.807, 2.05) is 13.8 Å². The van der Waals surface area contributed by atoms with Crippen LogP contribution in [0.1, 0.15) is 76.0 Å². The molecule has 31 heavy (non-hydrogen) atoms. The van der Waals surface area contributed by atoms with Crippen LogP contribution < -0.4 is 10.5 Å². The zero-order chi connectivity index (χ0) is 22.0. The summed E-state index contributed by atoms with van der Waals surface area (Å²) in [4.78, 5) is 18.1. The number of amides is 1. The van der Waals surface area contributed by atoms with Crippen LogP contribution in [0.25, 0.3) is 0 Å². The molecular weight excluding hydrogens is 390 g/mol. The van der Waals surface area contributed by atoms with Gasteiger partial charge >= 0.3 is 0 Å². The zero-order valence-corrected chi connectivity index (χ0v) is 19.2. The van der Waals surface area contributed by atoms with Crippen molar-refractivity contribution in [2.75, 3.05) is 13.7 Å². The maximum absolute atomic E-state index is 11.6.